The van der Waals surface area contributed by atoms with E-state index < -0.39 is 11.5 Å². The summed E-state index contributed by atoms with van der Waals surface area (Å²) in [4.78, 5) is 13.6. The smallest absolute Gasteiger partial charge is 0.326 e. The molecule has 0 aliphatic carbocycles. The van der Waals surface area contributed by atoms with Crippen molar-refractivity contribution in [3.8, 4) is 0 Å². The molecule has 7 heteroatoms. The van der Waals surface area contributed by atoms with Crippen LogP contribution in [0.1, 0.15) is 13.3 Å². The van der Waals surface area contributed by atoms with Crippen molar-refractivity contribution in [1.29, 1.82) is 0 Å². The minimum absolute atomic E-state index is 0.0785. The number of hydrogen-bond donors (Lipinski definition) is 2. The van der Waals surface area contributed by atoms with Gasteiger partial charge in [0, 0.05) is 25.1 Å². The van der Waals surface area contributed by atoms with Gasteiger partial charge >= 0.3 is 5.97 Å². The SMILES string of the molecule is CCC(COC)(NCCN=[N+]=[N-])C(=O)O. The van der Waals surface area contributed by atoms with E-state index in [2.05, 4.69) is 15.3 Å². The van der Waals surface area contributed by atoms with Gasteiger partial charge in [0.1, 0.15) is 5.54 Å². The van der Waals surface area contributed by atoms with Gasteiger partial charge in [-0.15, -0.1) is 0 Å². The van der Waals surface area contributed by atoms with Gasteiger partial charge in [-0.1, -0.05) is 12.0 Å². The standard InChI is InChI=1S/C8H16N4O3/c1-3-8(6-15-2,7(13)14)10-4-5-11-12-9/h10H,3-6H2,1-2H3,(H,13,14). The Morgan fingerprint density at radius 3 is 2.80 bits per heavy atom. The van der Waals surface area contributed by atoms with Crippen LogP contribution >= 0.6 is 0 Å². The molecule has 0 aliphatic rings. The molecule has 0 bridgehead atoms. The highest BCUT2D eigenvalue weighted by molar-refractivity contribution is 5.78. The van der Waals surface area contributed by atoms with Crippen LogP contribution in [0.25, 0.3) is 10.4 Å². The van der Waals surface area contributed by atoms with E-state index in [0.29, 0.717) is 13.0 Å². The first-order valence-electron chi connectivity index (χ1n) is 4.61. The van der Waals surface area contributed by atoms with E-state index in [9.17, 15) is 4.79 Å². The third-order valence-corrected chi connectivity index (χ3v) is 2.14. The van der Waals surface area contributed by atoms with Gasteiger partial charge in [0.05, 0.1) is 6.61 Å². The number of azide groups is 1. The number of nitrogens with zero attached hydrogens (tertiary/aromatic N) is 3. The van der Waals surface area contributed by atoms with Crippen LogP contribution in [0, 0.1) is 0 Å². The van der Waals surface area contributed by atoms with Crippen molar-refractivity contribution >= 4 is 5.97 Å². The Kier molecular flexibility index (Phi) is 6.44. The molecule has 1 atom stereocenters. The molecule has 0 heterocycles. The highest BCUT2D eigenvalue weighted by Gasteiger charge is 2.35. The largest absolute Gasteiger partial charge is 0.480 e. The minimum Gasteiger partial charge on any atom is -0.480 e. The van der Waals surface area contributed by atoms with Crippen molar-refractivity contribution in [2.45, 2.75) is 18.9 Å². The second kappa shape index (κ2) is 7.05. The van der Waals surface area contributed by atoms with E-state index in [-0.39, 0.29) is 13.2 Å². The highest BCUT2D eigenvalue weighted by Crippen LogP contribution is 2.10. The summed E-state index contributed by atoms with van der Waals surface area (Å²) < 4.78 is 4.87. The summed E-state index contributed by atoms with van der Waals surface area (Å²) in [5, 5.41) is 15.2. The first kappa shape index (κ1) is 13.7. The summed E-state index contributed by atoms with van der Waals surface area (Å²) in [5.41, 5.74) is 6.96. The molecule has 0 fully saturated rings. The summed E-state index contributed by atoms with van der Waals surface area (Å²) in [6, 6.07) is 0. The quantitative estimate of drug-likeness (QED) is 0.270. The number of hydrogen-bond acceptors (Lipinski definition) is 4. The summed E-state index contributed by atoms with van der Waals surface area (Å²) >= 11 is 0. The Labute approximate surface area is 88.0 Å². The maximum atomic E-state index is 11.1. The van der Waals surface area contributed by atoms with E-state index >= 15 is 0 Å². The fraction of sp³-hybridized carbons (Fsp3) is 0.875. The van der Waals surface area contributed by atoms with Crippen molar-refractivity contribution < 1.29 is 14.6 Å². The van der Waals surface area contributed by atoms with Crippen molar-refractivity contribution in [3.63, 3.8) is 0 Å². The van der Waals surface area contributed by atoms with Gasteiger partial charge in [0.2, 0.25) is 0 Å². The van der Waals surface area contributed by atoms with Crippen LogP contribution in [0.2, 0.25) is 0 Å². The van der Waals surface area contributed by atoms with E-state index in [0.717, 1.165) is 0 Å². The molecule has 0 rings (SSSR count). The highest BCUT2D eigenvalue weighted by atomic mass is 16.5. The predicted octanol–water partition coefficient (Wildman–Crippen LogP) is 0.766. The van der Waals surface area contributed by atoms with E-state index in [1.807, 2.05) is 0 Å². The van der Waals surface area contributed by atoms with Crippen LogP contribution in [0.15, 0.2) is 5.11 Å². The van der Waals surface area contributed by atoms with Crippen molar-refractivity contribution in [1.82, 2.24) is 5.32 Å². The molecule has 0 amide bonds. The van der Waals surface area contributed by atoms with Crippen LogP contribution < -0.4 is 5.32 Å². The zero-order chi connectivity index (χ0) is 11.7. The first-order chi connectivity index (χ1) is 7.13. The molecule has 0 aromatic carbocycles. The van der Waals surface area contributed by atoms with Gasteiger partial charge in [-0.3, -0.25) is 10.1 Å². The zero-order valence-electron chi connectivity index (χ0n) is 8.93. The third-order valence-electron chi connectivity index (χ3n) is 2.14. The maximum absolute atomic E-state index is 11.1. The van der Waals surface area contributed by atoms with Gasteiger partial charge in [0.15, 0.2) is 0 Å². The number of carboxylic acids is 1. The van der Waals surface area contributed by atoms with Gasteiger partial charge in [0.25, 0.3) is 0 Å². The summed E-state index contributed by atoms with van der Waals surface area (Å²) in [6.45, 7) is 2.37. The van der Waals surface area contributed by atoms with E-state index in [4.69, 9.17) is 15.4 Å². The summed E-state index contributed by atoms with van der Waals surface area (Å²) in [6.07, 6.45) is 0.395. The second-order valence-electron chi connectivity index (χ2n) is 3.06. The molecular weight excluding hydrogens is 200 g/mol. The molecule has 0 aliphatic heterocycles. The van der Waals surface area contributed by atoms with Gasteiger partial charge in [-0.05, 0) is 12.0 Å². The van der Waals surface area contributed by atoms with Gasteiger partial charge < -0.3 is 9.84 Å². The Balaban J connectivity index is 4.34. The number of methoxy groups -OCH3 is 1. The summed E-state index contributed by atoms with van der Waals surface area (Å²) in [5.74, 6) is -0.965. The lowest BCUT2D eigenvalue weighted by Gasteiger charge is -2.28. The average Bonchev–Trinajstić information content (AvgIpc) is 2.22. The number of rotatable bonds is 8. The third kappa shape index (κ3) is 4.16. The molecule has 86 valence electrons. The fourth-order valence-electron chi connectivity index (χ4n) is 1.20. The average molecular weight is 216 g/mol. The lowest BCUT2D eigenvalue weighted by molar-refractivity contribution is -0.147. The number of ether oxygens (including phenoxy) is 1. The Bertz CT molecular complexity index is 252. The molecule has 0 spiro atoms. The molecule has 0 saturated carbocycles. The van der Waals surface area contributed by atoms with Crippen LogP contribution in [-0.4, -0.2) is 43.4 Å². The molecule has 2 N–H and O–H groups in total. The molecule has 0 radical (unpaired) electrons. The monoisotopic (exact) mass is 216 g/mol. The fourth-order valence-corrected chi connectivity index (χ4v) is 1.20. The molecule has 0 saturated heterocycles. The maximum Gasteiger partial charge on any atom is 0.326 e. The first-order valence-corrected chi connectivity index (χ1v) is 4.61. The lowest BCUT2D eigenvalue weighted by atomic mass is 9.97. The number of carboxylic acid groups (broad SMARTS) is 1. The van der Waals surface area contributed by atoms with Crippen LogP contribution in [0.3, 0.4) is 0 Å². The number of nitrogens with one attached hydrogen (secondary N) is 1. The predicted molar refractivity (Wildman–Crippen MR) is 54.5 cm³/mol. The van der Waals surface area contributed by atoms with Crippen LogP contribution in [0.4, 0.5) is 0 Å². The van der Waals surface area contributed by atoms with Crippen molar-refractivity contribution in [2.24, 2.45) is 5.11 Å². The molecule has 0 aromatic rings. The van der Waals surface area contributed by atoms with E-state index in [1.54, 1.807) is 6.92 Å². The Hall–Kier alpha value is -1.30. The van der Waals surface area contributed by atoms with Crippen molar-refractivity contribution in [2.75, 3.05) is 26.8 Å². The second-order valence-corrected chi connectivity index (χ2v) is 3.06. The van der Waals surface area contributed by atoms with E-state index in [1.165, 1.54) is 7.11 Å². The topological polar surface area (TPSA) is 107 Å². The Morgan fingerprint density at radius 2 is 2.40 bits per heavy atom. The normalized spacial score (nSPS) is 14.0. The molecule has 15 heavy (non-hydrogen) atoms. The molecule has 0 aromatic heterocycles. The minimum atomic E-state index is -1.10. The van der Waals surface area contributed by atoms with Gasteiger partial charge in [-0.2, -0.15) is 0 Å². The zero-order valence-corrected chi connectivity index (χ0v) is 8.93. The van der Waals surface area contributed by atoms with Gasteiger partial charge in [-0.25, -0.2) is 0 Å². The van der Waals surface area contributed by atoms with Crippen LogP contribution in [0.5, 0.6) is 0 Å². The molecular formula is C8H16N4O3. The number of carbonyl (C=O) groups is 1. The van der Waals surface area contributed by atoms with Crippen molar-refractivity contribution in [3.05, 3.63) is 10.4 Å². The van der Waals surface area contributed by atoms with Crippen LogP contribution in [-0.2, 0) is 9.53 Å². The molecule has 7 nitrogen and oxygen atoms in total. The summed E-state index contributed by atoms with van der Waals surface area (Å²) in [7, 11) is 1.45. The number of aliphatic carboxylic acids is 1. The Morgan fingerprint density at radius 1 is 1.73 bits per heavy atom. The molecule has 1 unspecified atom stereocenters. The lowest BCUT2D eigenvalue weighted by Crippen LogP contribution is -2.55.